The summed E-state index contributed by atoms with van der Waals surface area (Å²) in [6, 6.07) is 10.1. The van der Waals surface area contributed by atoms with Crippen LogP contribution in [0.3, 0.4) is 0 Å². The average molecular weight is 388 g/mol. The highest BCUT2D eigenvalue weighted by atomic mass is 79.9. The van der Waals surface area contributed by atoms with Crippen LogP contribution in [-0.4, -0.2) is 16.9 Å². The number of nitrogens with one attached hydrogen (secondary N) is 2. The van der Waals surface area contributed by atoms with Gasteiger partial charge in [0, 0.05) is 10.5 Å². The molecule has 1 aliphatic rings. The number of halogens is 1. The molecule has 1 aromatic carbocycles. The van der Waals surface area contributed by atoms with Gasteiger partial charge in [-0.05, 0) is 65.5 Å². The number of aryl methyl sites for hydroxylation is 1. The molecule has 1 saturated carbocycles. The zero-order valence-electron chi connectivity index (χ0n) is 13.8. The van der Waals surface area contributed by atoms with Crippen molar-refractivity contribution in [3.63, 3.8) is 0 Å². The van der Waals surface area contributed by atoms with E-state index in [4.69, 9.17) is 0 Å². The predicted octanol–water partition coefficient (Wildman–Crippen LogP) is 4.96. The van der Waals surface area contributed by atoms with Crippen molar-refractivity contribution < 1.29 is 4.79 Å². The Morgan fingerprint density at radius 2 is 1.96 bits per heavy atom. The van der Waals surface area contributed by atoms with Gasteiger partial charge in [-0.15, -0.1) is 0 Å². The number of benzene rings is 1. The van der Waals surface area contributed by atoms with Gasteiger partial charge >= 0.3 is 0 Å². The SMILES string of the molecule is Cc1ccc(Nc2ccc(C(=O)NC3CCCCC3)nc2)c(Br)c1. The summed E-state index contributed by atoms with van der Waals surface area (Å²) in [5, 5.41) is 6.40. The van der Waals surface area contributed by atoms with Crippen molar-refractivity contribution >= 4 is 33.2 Å². The van der Waals surface area contributed by atoms with Crippen molar-refractivity contribution in [3.8, 4) is 0 Å². The molecule has 2 N–H and O–H groups in total. The first-order valence-electron chi connectivity index (χ1n) is 8.42. The molecule has 4 nitrogen and oxygen atoms in total. The number of anilines is 2. The second-order valence-electron chi connectivity index (χ2n) is 6.35. The van der Waals surface area contributed by atoms with Crippen LogP contribution in [0.5, 0.6) is 0 Å². The standard InChI is InChI=1S/C19H22BrN3O/c1-13-7-9-17(16(20)11-13)22-15-8-10-18(21-12-15)19(24)23-14-5-3-2-4-6-14/h7-12,14,22H,2-6H2,1H3,(H,23,24). The average Bonchev–Trinajstić information content (AvgIpc) is 2.59. The summed E-state index contributed by atoms with van der Waals surface area (Å²) in [4.78, 5) is 16.6. The Balaban J connectivity index is 1.63. The molecule has 0 radical (unpaired) electrons. The van der Waals surface area contributed by atoms with Gasteiger partial charge in [-0.2, -0.15) is 0 Å². The zero-order chi connectivity index (χ0) is 16.9. The molecule has 0 bridgehead atoms. The Morgan fingerprint density at radius 3 is 2.62 bits per heavy atom. The second-order valence-corrected chi connectivity index (χ2v) is 7.20. The predicted molar refractivity (Wildman–Crippen MR) is 101 cm³/mol. The van der Waals surface area contributed by atoms with Gasteiger partial charge in [0.25, 0.3) is 5.91 Å². The summed E-state index contributed by atoms with van der Waals surface area (Å²) in [5.74, 6) is -0.0787. The first kappa shape index (κ1) is 17.0. The van der Waals surface area contributed by atoms with E-state index < -0.39 is 0 Å². The summed E-state index contributed by atoms with van der Waals surface area (Å²) in [6.45, 7) is 2.05. The Morgan fingerprint density at radius 1 is 1.17 bits per heavy atom. The highest BCUT2D eigenvalue weighted by molar-refractivity contribution is 9.10. The van der Waals surface area contributed by atoms with Gasteiger partial charge in [0.1, 0.15) is 5.69 Å². The van der Waals surface area contributed by atoms with Crippen molar-refractivity contribution in [2.45, 2.75) is 45.1 Å². The molecule has 3 rings (SSSR count). The molecule has 0 aliphatic heterocycles. The molecule has 0 spiro atoms. The van der Waals surface area contributed by atoms with Gasteiger partial charge < -0.3 is 10.6 Å². The highest BCUT2D eigenvalue weighted by Gasteiger charge is 2.17. The molecule has 0 atom stereocenters. The molecule has 1 fully saturated rings. The number of amides is 1. The van der Waals surface area contributed by atoms with Crippen molar-refractivity contribution in [2.75, 3.05) is 5.32 Å². The number of nitrogens with zero attached hydrogens (tertiary/aromatic N) is 1. The third-order valence-electron chi connectivity index (χ3n) is 4.34. The van der Waals surface area contributed by atoms with E-state index in [9.17, 15) is 4.79 Å². The maximum Gasteiger partial charge on any atom is 0.270 e. The summed E-state index contributed by atoms with van der Waals surface area (Å²) < 4.78 is 1.00. The molecule has 126 valence electrons. The molecule has 1 heterocycles. The van der Waals surface area contributed by atoms with Gasteiger partial charge in [0.05, 0.1) is 17.6 Å². The maximum absolute atomic E-state index is 12.3. The van der Waals surface area contributed by atoms with Crippen molar-refractivity contribution in [1.82, 2.24) is 10.3 Å². The van der Waals surface area contributed by atoms with Crippen molar-refractivity contribution in [1.29, 1.82) is 0 Å². The zero-order valence-corrected chi connectivity index (χ0v) is 15.4. The van der Waals surface area contributed by atoms with E-state index in [-0.39, 0.29) is 5.91 Å². The van der Waals surface area contributed by atoms with Crippen LogP contribution >= 0.6 is 15.9 Å². The molecular formula is C19H22BrN3O. The molecule has 0 unspecified atom stereocenters. The summed E-state index contributed by atoms with van der Waals surface area (Å²) >= 11 is 3.55. The highest BCUT2D eigenvalue weighted by Crippen LogP contribution is 2.26. The number of hydrogen-bond acceptors (Lipinski definition) is 3. The number of carbonyl (C=O) groups is 1. The fourth-order valence-corrected chi connectivity index (χ4v) is 3.58. The molecule has 1 aromatic heterocycles. The fraction of sp³-hybridized carbons (Fsp3) is 0.368. The molecule has 5 heteroatoms. The third kappa shape index (κ3) is 4.35. The number of aromatic nitrogens is 1. The Labute approximate surface area is 151 Å². The first-order valence-corrected chi connectivity index (χ1v) is 9.21. The van der Waals surface area contributed by atoms with Crippen molar-refractivity contribution in [2.24, 2.45) is 0 Å². The molecule has 1 amide bonds. The lowest BCUT2D eigenvalue weighted by atomic mass is 9.95. The first-order chi connectivity index (χ1) is 11.6. The van der Waals surface area contributed by atoms with E-state index in [1.807, 2.05) is 18.2 Å². The van der Waals surface area contributed by atoms with Gasteiger partial charge in [-0.3, -0.25) is 4.79 Å². The Bertz CT molecular complexity index is 709. The second kappa shape index (κ2) is 7.79. The molecular weight excluding hydrogens is 366 g/mol. The van der Waals surface area contributed by atoms with E-state index in [0.717, 1.165) is 28.7 Å². The largest absolute Gasteiger partial charge is 0.353 e. The minimum atomic E-state index is -0.0787. The maximum atomic E-state index is 12.3. The van der Waals surface area contributed by atoms with Crippen LogP contribution in [0.2, 0.25) is 0 Å². The number of rotatable bonds is 4. The van der Waals surface area contributed by atoms with E-state index in [0.29, 0.717) is 11.7 Å². The lowest BCUT2D eigenvalue weighted by molar-refractivity contribution is 0.0922. The summed E-state index contributed by atoms with van der Waals surface area (Å²) in [6.07, 6.45) is 7.53. The quantitative estimate of drug-likeness (QED) is 0.779. The van der Waals surface area contributed by atoms with Crippen LogP contribution in [0.15, 0.2) is 41.0 Å². The van der Waals surface area contributed by atoms with Crippen molar-refractivity contribution in [3.05, 3.63) is 52.3 Å². The van der Waals surface area contributed by atoms with Crippen LogP contribution < -0.4 is 10.6 Å². The summed E-state index contributed by atoms with van der Waals surface area (Å²) in [5.41, 5.74) is 3.49. The van der Waals surface area contributed by atoms with Crippen LogP contribution in [0, 0.1) is 6.92 Å². The van der Waals surface area contributed by atoms with Gasteiger partial charge in [0.15, 0.2) is 0 Å². The topological polar surface area (TPSA) is 54.0 Å². The van der Waals surface area contributed by atoms with Gasteiger partial charge in [-0.1, -0.05) is 25.3 Å². The van der Waals surface area contributed by atoms with E-state index in [2.05, 4.69) is 44.5 Å². The number of hydrogen-bond donors (Lipinski definition) is 2. The van der Waals surface area contributed by atoms with E-state index in [1.54, 1.807) is 12.3 Å². The molecule has 1 aliphatic carbocycles. The number of pyridine rings is 1. The molecule has 24 heavy (non-hydrogen) atoms. The van der Waals surface area contributed by atoms with E-state index in [1.165, 1.54) is 24.8 Å². The fourth-order valence-electron chi connectivity index (χ4n) is 2.99. The smallest absolute Gasteiger partial charge is 0.270 e. The third-order valence-corrected chi connectivity index (χ3v) is 5.00. The minimum absolute atomic E-state index is 0.0787. The van der Waals surface area contributed by atoms with Crippen LogP contribution in [-0.2, 0) is 0 Å². The van der Waals surface area contributed by atoms with Crippen LogP contribution in [0.4, 0.5) is 11.4 Å². The number of carbonyl (C=O) groups excluding carboxylic acids is 1. The van der Waals surface area contributed by atoms with E-state index >= 15 is 0 Å². The lowest BCUT2D eigenvalue weighted by Crippen LogP contribution is -2.36. The molecule has 0 saturated heterocycles. The normalized spacial score (nSPS) is 15.1. The lowest BCUT2D eigenvalue weighted by Gasteiger charge is -2.22. The summed E-state index contributed by atoms with van der Waals surface area (Å²) in [7, 11) is 0. The van der Waals surface area contributed by atoms with Crippen LogP contribution in [0.1, 0.15) is 48.2 Å². The minimum Gasteiger partial charge on any atom is -0.353 e. The monoisotopic (exact) mass is 387 g/mol. The van der Waals surface area contributed by atoms with Gasteiger partial charge in [-0.25, -0.2) is 4.98 Å². The Kier molecular flexibility index (Phi) is 5.51. The Hall–Kier alpha value is -1.88. The molecule has 2 aromatic rings. The van der Waals surface area contributed by atoms with Gasteiger partial charge in [0.2, 0.25) is 0 Å². The van der Waals surface area contributed by atoms with Crippen LogP contribution in [0.25, 0.3) is 0 Å².